The van der Waals surface area contributed by atoms with Crippen molar-refractivity contribution in [2.24, 2.45) is 11.7 Å². The van der Waals surface area contributed by atoms with Crippen LogP contribution in [0, 0.1) is 17.8 Å². The first-order valence-corrected chi connectivity index (χ1v) is 7.53. The van der Waals surface area contributed by atoms with Crippen LogP contribution in [0.4, 0.5) is 0 Å². The average molecular weight is 285 g/mol. The zero-order valence-corrected chi connectivity index (χ0v) is 12.8. The molecule has 1 heterocycles. The van der Waals surface area contributed by atoms with E-state index in [1.807, 2.05) is 11.9 Å². The molecule has 1 fully saturated rings. The Bertz CT molecular complexity index is 559. The largest absolute Gasteiger partial charge is 0.339 e. The van der Waals surface area contributed by atoms with Crippen LogP contribution >= 0.6 is 0 Å². The Morgan fingerprint density at radius 1 is 1.52 bits per heavy atom. The van der Waals surface area contributed by atoms with Gasteiger partial charge in [-0.2, -0.15) is 0 Å². The molecule has 0 saturated heterocycles. The number of carbonyl (C=O) groups excluding carboxylic acids is 1. The first-order chi connectivity index (χ1) is 10.1. The summed E-state index contributed by atoms with van der Waals surface area (Å²) >= 11 is 0. The van der Waals surface area contributed by atoms with Gasteiger partial charge in [-0.3, -0.25) is 9.78 Å². The fourth-order valence-corrected chi connectivity index (χ4v) is 2.94. The molecule has 2 unspecified atom stereocenters. The number of nitrogens with zero attached hydrogens (tertiary/aromatic N) is 2. The summed E-state index contributed by atoms with van der Waals surface area (Å²) in [5.74, 6) is 6.44. The van der Waals surface area contributed by atoms with Gasteiger partial charge >= 0.3 is 0 Å². The number of pyridine rings is 1. The lowest BCUT2D eigenvalue weighted by atomic mass is 9.86. The van der Waals surface area contributed by atoms with Crippen molar-refractivity contribution in [2.45, 2.75) is 38.6 Å². The summed E-state index contributed by atoms with van der Waals surface area (Å²) in [6, 6.07) is 2.07. The van der Waals surface area contributed by atoms with E-state index in [0.29, 0.717) is 23.1 Å². The first kappa shape index (κ1) is 15.5. The summed E-state index contributed by atoms with van der Waals surface area (Å²) in [5, 5.41) is 0. The normalized spacial score (nSPS) is 21.3. The number of hydrogen-bond donors (Lipinski definition) is 1. The molecule has 1 aromatic rings. The number of amides is 1. The number of nitrogens with two attached hydrogens (primary N) is 1. The summed E-state index contributed by atoms with van der Waals surface area (Å²) in [7, 11) is 1.89. The molecule has 0 bridgehead atoms. The van der Waals surface area contributed by atoms with E-state index < -0.39 is 0 Å². The standard InChI is InChI=1S/C17H23N3O/c1-13-5-3-7-15(11-13)20(2)17(21)16-8-10-19-12-14(16)6-4-9-18/h8,10,12-13,15H,3,5,7,9,11,18H2,1-2H3. The lowest BCUT2D eigenvalue weighted by molar-refractivity contribution is 0.0672. The van der Waals surface area contributed by atoms with E-state index in [4.69, 9.17) is 5.73 Å². The summed E-state index contributed by atoms with van der Waals surface area (Å²) in [4.78, 5) is 18.7. The van der Waals surface area contributed by atoms with Gasteiger partial charge in [-0.1, -0.05) is 31.6 Å². The molecular formula is C17H23N3O. The van der Waals surface area contributed by atoms with Crippen LogP contribution in [0.3, 0.4) is 0 Å². The summed E-state index contributed by atoms with van der Waals surface area (Å²) < 4.78 is 0. The number of aromatic nitrogens is 1. The molecule has 0 aliphatic heterocycles. The van der Waals surface area contributed by atoms with Crippen LogP contribution in [0.15, 0.2) is 18.5 Å². The Morgan fingerprint density at radius 2 is 2.33 bits per heavy atom. The van der Waals surface area contributed by atoms with Crippen molar-refractivity contribution in [2.75, 3.05) is 13.6 Å². The molecule has 112 valence electrons. The molecule has 2 N–H and O–H groups in total. The average Bonchev–Trinajstić information content (AvgIpc) is 2.51. The Balaban J connectivity index is 2.19. The topological polar surface area (TPSA) is 59.2 Å². The smallest absolute Gasteiger partial charge is 0.255 e. The third-order valence-electron chi connectivity index (χ3n) is 4.15. The second-order valence-electron chi connectivity index (χ2n) is 5.77. The number of rotatable bonds is 2. The highest BCUT2D eigenvalue weighted by Gasteiger charge is 2.26. The van der Waals surface area contributed by atoms with Crippen molar-refractivity contribution in [1.29, 1.82) is 0 Å². The lowest BCUT2D eigenvalue weighted by Crippen LogP contribution is -2.40. The van der Waals surface area contributed by atoms with Crippen LogP contribution < -0.4 is 5.73 Å². The molecule has 4 nitrogen and oxygen atoms in total. The third kappa shape index (κ3) is 3.83. The van der Waals surface area contributed by atoms with Crippen LogP contribution in [-0.4, -0.2) is 35.4 Å². The van der Waals surface area contributed by atoms with Gasteiger partial charge in [0.25, 0.3) is 5.91 Å². The quantitative estimate of drug-likeness (QED) is 0.846. The minimum Gasteiger partial charge on any atom is -0.339 e. The van der Waals surface area contributed by atoms with Gasteiger partial charge in [0, 0.05) is 25.5 Å². The fraction of sp³-hybridized carbons (Fsp3) is 0.529. The maximum absolute atomic E-state index is 12.7. The van der Waals surface area contributed by atoms with E-state index in [2.05, 4.69) is 23.7 Å². The minimum atomic E-state index is 0.0258. The Labute approximate surface area is 126 Å². The van der Waals surface area contributed by atoms with E-state index in [1.165, 1.54) is 12.8 Å². The molecule has 1 amide bonds. The molecule has 1 aliphatic carbocycles. The van der Waals surface area contributed by atoms with Gasteiger partial charge in [0.15, 0.2) is 0 Å². The van der Waals surface area contributed by atoms with Gasteiger partial charge in [0.2, 0.25) is 0 Å². The fourth-order valence-electron chi connectivity index (χ4n) is 2.94. The van der Waals surface area contributed by atoms with E-state index in [1.54, 1.807) is 18.5 Å². The van der Waals surface area contributed by atoms with Crippen molar-refractivity contribution in [1.82, 2.24) is 9.88 Å². The van der Waals surface area contributed by atoms with Crippen molar-refractivity contribution in [3.8, 4) is 11.8 Å². The molecule has 1 aliphatic rings. The van der Waals surface area contributed by atoms with Crippen molar-refractivity contribution >= 4 is 5.91 Å². The van der Waals surface area contributed by atoms with Crippen LogP contribution in [0.2, 0.25) is 0 Å². The lowest BCUT2D eigenvalue weighted by Gasteiger charge is -2.34. The highest BCUT2D eigenvalue weighted by Crippen LogP contribution is 2.27. The Hall–Kier alpha value is -1.86. The van der Waals surface area contributed by atoms with Gasteiger partial charge in [-0.25, -0.2) is 0 Å². The number of hydrogen-bond acceptors (Lipinski definition) is 3. The number of carbonyl (C=O) groups is 1. The molecule has 0 radical (unpaired) electrons. The molecule has 1 aromatic heterocycles. The monoisotopic (exact) mass is 285 g/mol. The Morgan fingerprint density at radius 3 is 3.05 bits per heavy atom. The summed E-state index contributed by atoms with van der Waals surface area (Å²) in [6.45, 7) is 2.54. The van der Waals surface area contributed by atoms with Crippen LogP contribution in [0.25, 0.3) is 0 Å². The second-order valence-corrected chi connectivity index (χ2v) is 5.77. The van der Waals surface area contributed by atoms with Crippen molar-refractivity contribution in [3.05, 3.63) is 29.6 Å². The summed E-state index contributed by atoms with van der Waals surface area (Å²) in [5.41, 5.74) is 6.68. The molecule has 1 saturated carbocycles. The SMILES string of the molecule is CC1CCCC(N(C)C(=O)c2ccncc2C#CCN)C1. The van der Waals surface area contributed by atoms with Crippen molar-refractivity contribution < 1.29 is 4.79 Å². The molecule has 2 rings (SSSR count). The maximum Gasteiger partial charge on any atom is 0.255 e. The predicted molar refractivity (Wildman–Crippen MR) is 83.7 cm³/mol. The van der Waals surface area contributed by atoms with Crippen LogP contribution in [0.5, 0.6) is 0 Å². The van der Waals surface area contributed by atoms with Gasteiger partial charge in [-0.05, 0) is 24.8 Å². The second kappa shape index (κ2) is 7.24. The first-order valence-electron chi connectivity index (χ1n) is 7.53. The Kier molecular flexibility index (Phi) is 5.35. The van der Waals surface area contributed by atoms with Gasteiger partial charge in [0.1, 0.15) is 0 Å². The molecular weight excluding hydrogens is 262 g/mol. The highest BCUT2D eigenvalue weighted by molar-refractivity contribution is 5.96. The molecule has 0 aromatic carbocycles. The van der Waals surface area contributed by atoms with Crippen molar-refractivity contribution in [3.63, 3.8) is 0 Å². The molecule has 2 atom stereocenters. The predicted octanol–water partition coefficient (Wildman–Crippen LogP) is 2.04. The maximum atomic E-state index is 12.7. The molecule has 0 spiro atoms. The van der Waals surface area contributed by atoms with Gasteiger partial charge in [0.05, 0.1) is 17.7 Å². The molecule has 4 heteroatoms. The van der Waals surface area contributed by atoms with Gasteiger partial charge < -0.3 is 10.6 Å². The van der Waals surface area contributed by atoms with E-state index in [9.17, 15) is 4.79 Å². The molecule has 21 heavy (non-hydrogen) atoms. The third-order valence-corrected chi connectivity index (χ3v) is 4.15. The van der Waals surface area contributed by atoms with Crippen LogP contribution in [0.1, 0.15) is 48.5 Å². The van der Waals surface area contributed by atoms with E-state index >= 15 is 0 Å². The zero-order valence-electron chi connectivity index (χ0n) is 12.8. The van der Waals surface area contributed by atoms with E-state index in [0.717, 1.165) is 12.8 Å². The van der Waals surface area contributed by atoms with E-state index in [-0.39, 0.29) is 12.5 Å². The summed E-state index contributed by atoms with van der Waals surface area (Å²) in [6.07, 6.45) is 7.89. The van der Waals surface area contributed by atoms with Crippen LogP contribution in [-0.2, 0) is 0 Å². The minimum absolute atomic E-state index is 0.0258. The highest BCUT2D eigenvalue weighted by atomic mass is 16.2. The zero-order chi connectivity index (χ0) is 15.2. The van der Waals surface area contributed by atoms with Gasteiger partial charge in [-0.15, -0.1) is 0 Å².